The number of rotatable bonds is 8. The third kappa shape index (κ3) is 4.82. The summed E-state index contributed by atoms with van der Waals surface area (Å²) in [5, 5.41) is 28.1. The Morgan fingerprint density at radius 1 is 1.19 bits per heavy atom. The predicted molar refractivity (Wildman–Crippen MR) is 136 cm³/mol. The number of carboxylic acid groups (broad SMARTS) is 1. The number of fused-ring (bicyclic) bond motifs is 1. The summed E-state index contributed by atoms with van der Waals surface area (Å²) >= 11 is 2.49. The zero-order chi connectivity index (χ0) is 26.1. The predicted octanol–water partition coefficient (Wildman–Crippen LogP) is 2.81. The Balaban J connectivity index is 1.35. The van der Waals surface area contributed by atoms with Gasteiger partial charge < -0.3 is 10.4 Å². The van der Waals surface area contributed by atoms with Gasteiger partial charge in [0.1, 0.15) is 22.1 Å². The van der Waals surface area contributed by atoms with Gasteiger partial charge in [0.15, 0.2) is 0 Å². The van der Waals surface area contributed by atoms with Gasteiger partial charge in [-0.05, 0) is 17.7 Å². The fraction of sp³-hybridized carbons (Fsp3) is 0.167. The van der Waals surface area contributed by atoms with Crippen molar-refractivity contribution in [1.82, 2.24) is 20.0 Å². The number of nitrogens with one attached hydrogen (secondary N) is 1. The Morgan fingerprint density at radius 2 is 1.97 bits per heavy atom. The van der Waals surface area contributed by atoms with Gasteiger partial charge in [-0.2, -0.15) is 5.10 Å². The normalized spacial score (nSPS) is 18.7. The summed E-state index contributed by atoms with van der Waals surface area (Å²) in [6.45, 7) is 0. The summed E-state index contributed by atoms with van der Waals surface area (Å²) in [4.78, 5) is 49.9. The fourth-order valence-corrected chi connectivity index (χ4v) is 6.64. The van der Waals surface area contributed by atoms with Crippen molar-refractivity contribution in [2.24, 2.45) is 0 Å². The van der Waals surface area contributed by atoms with Crippen LogP contribution in [0, 0.1) is 10.1 Å². The molecule has 0 saturated carbocycles. The van der Waals surface area contributed by atoms with Gasteiger partial charge in [0.2, 0.25) is 5.91 Å². The molecule has 2 amide bonds. The SMILES string of the molecule is O=C(Cc1ccccc1)N[C@@H]1C(=O)N2C(C(=O)O)=C(Sc3ccnn3-c3cccc([N+](=O)[O-])c3)CS[C@@H]12. The molecule has 3 heterocycles. The summed E-state index contributed by atoms with van der Waals surface area (Å²) in [6.07, 6.45) is 1.63. The van der Waals surface area contributed by atoms with E-state index in [4.69, 9.17) is 0 Å². The minimum Gasteiger partial charge on any atom is -0.477 e. The third-order valence-corrected chi connectivity index (χ3v) is 8.35. The minimum absolute atomic E-state index is 0.100. The molecule has 5 rings (SSSR count). The number of carboxylic acids is 1. The van der Waals surface area contributed by atoms with E-state index in [1.54, 1.807) is 12.1 Å². The van der Waals surface area contributed by atoms with Crippen molar-refractivity contribution >= 4 is 47.0 Å². The molecule has 3 aromatic rings. The van der Waals surface area contributed by atoms with Crippen LogP contribution in [-0.2, 0) is 20.8 Å². The molecule has 0 unspecified atom stereocenters. The van der Waals surface area contributed by atoms with Crippen molar-refractivity contribution in [2.45, 2.75) is 22.9 Å². The first-order chi connectivity index (χ1) is 17.8. The van der Waals surface area contributed by atoms with Crippen molar-refractivity contribution in [3.63, 3.8) is 0 Å². The molecule has 1 fully saturated rings. The number of thioether (sulfide) groups is 2. The Hall–Kier alpha value is -4.10. The van der Waals surface area contributed by atoms with E-state index in [0.29, 0.717) is 21.4 Å². The highest BCUT2D eigenvalue weighted by Crippen LogP contribution is 2.45. The zero-order valence-corrected chi connectivity index (χ0v) is 20.6. The summed E-state index contributed by atoms with van der Waals surface area (Å²) < 4.78 is 1.48. The lowest BCUT2D eigenvalue weighted by atomic mass is 10.0. The number of carbonyl (C=O) groups is 3. The maximum absolute atomic E-state index is 12.9. The smallest absolute Gasteiger partial charge is 0.353 e. The maximum atomic E-state index is 12.9. The number of benzene rings is 2. The number of nitro groups is 1. The first-order valence-corrected chi connectivity index (χ1v) is 12.9. The number of non-ortho nitro benzene ring substituents is 1. The Bertz CT molecular complexity index is 1440. The van der Waals surface area contributed by atoms with Crippen LogP contribution in [0.4, 0.5) is 5.69 Å². The Morgan fingerprint density at radius 3 is 2.70 bits per heavy atom. The lowest BCUT2D eigenvalue weighted by Gasteiger charge is -2.49. The van der Waals surface area contributed by atoms with Gasteiger partial charge in [0.25, 0.3) is 11.6 Å². The fourth-order valence-electron chi connectivity index (χ4n) is 4.10. The first kappa shape index (κ1) is 24.6. The van der Waals surface area contributed by atoms with Gasteiger partial charge in [0, 0.05) is 22.8 Å². The van der Waals surface area contributed by atoms with Crippen LogP contribution < -0.4 is 5.32 Å². The van der Waals surface area contributed by atoms with Gasteiger partial charge in [-0.1, -0.05) is 48.2 Å². The van der Waals surface area contributed by atoms with Crippen LogP contribution in [0.2, 0.25) is 0 Å². The number of β-lactam (4-membered cyclic amide) rings is 1. The number of nitrogens with zero attached hydrogens (tertiary/aromatic N) is 4. The molecular weight excluding hydrogens is 518 g/mol. The maximum Gasteiger partial charge on any atom is 0.353 e. The molecule has 0 radical (unpaired) electrons. The highest BCUT2D eigenvalue weighted by molar-refractivity contribution is 8.06. The summed E-state index contributed by atoms with van der Waals surface area (Å²) in [6, 6.07) is 15.9. The van der Waals surface area contributed by atoms with Crippen LogP contribution in [0.15, 0.2) is 82.5 Å². The second kappa shape index (κ2) is 10.1. The van der Waals surface area contributed by atoms with E-state index in [2.05, 4.69) is 10.4 Å². The molecule has 2 aliphatic rings. The van der Waals surface area contributed by atoms with Gasteiger partial charge in [-0.3, -0.25) is 24.6 Å². The number of hydrogen-bond donors (Lipinski definition) is 2. The zero-order valence-electron chi connectivity index (χ0n) is 19.0. The van der Waals surface area contributed by atoms with E-state index in [1.807, 2.05) is 30.3 Å². The molecule has 37 heavy (non-hydrogen) atoms. The molecule has 0 aliphatic carbocycles. The van der Waals surface area contributed by atoms with E-state index in [-0.39, 0.29) is 23.7 Å². The van der Waals surface area contributed by atoms with Gasteiger partial charge in [-0.25, -0.2) is 9.48 Å². The molecule has 11 nitrogen and oxygen atoms in total. The number of aliphatic carboxylic acids is 1. The first-order valence-electron chi connectivity index (χ1n) is 11.0. The second-order valence-corrected chi connectivity index (χ2v) is 10.4. The Kier molecular flexibility index (Phi) is 6.72. The van der Waals surface area contributed by atoms with Crippen LogP contribution in [-0.4, -0.2) is 59.7 Å². The molecule has 2 aromatic carbocycles. The highest BCUT2D eigenvalue weighted by Gasteiger charge is 2.54. The van der Waals surface area contributed by atoms with E-state index >= 15 is 0 Å². The average molecular weight is 538 g/mol. The lowest BCUT2D eigenvalue weighted by Crippen LogP contribution is -2.70. The van der Waals surface area contributed by atoms with Crippen molar-refractivity contribution < 1.29 is 24.4 Å². The average Bonchev–Trinajstić information content (AvgIpc) is 3.35. The second-order valence-electron chi connectivity index (χ2n) is 8.15. The van der Waals surface area contributed by atoms with Crippen LogP contribution in [0.3, 0.4) is 0 Å². The van der Waals surface area contributed by atoms with Crippen molar-refractivity contribution in [3.8, 4) is 5.69 Å². The molecule has 188 valence electrons. The van der Waals surface area contributed by atoms with E-state index in [1.165, 1.54) is 45.7 Å². The largest absolute Gasteiger partial charge is 0.477 e. The number of amides is 2. The molecule has 2 atom stereocenters. The number of aromatic nitrogens is 2. The Labute approximate surface area is 218 Å². The molecule has 2 N–H and O–H groups in total. The molecular formula is C24H19N5O6S2. The van der Waals surface area contributed by atoms with E-state index in [0.717, 1.165) is 17.3 Å². The van der Waals surface area contributed by atoms with Crippen LogP contribution in [0.1, 0.15) is 5.56 Å². The van der Waals surface area contributed by atoms with Crippen LogP contribution >= 0.6 is 23.5 Å². The minimum atomic E-state index is -1.25. The van der Waals surface area contributed by atoms with E-state index in [9.17, 15) is 29.6 Å². The van der Waals surface area contributed by atoms with Crippen LogP contribution in [0.5, 0.6) is 0 Å². The number of hydrogen-bond acceptors (Lipinski definition) is 8. The molecule has 1 aromatic heterocycles. The third-order valence-electron chi connectivity index (χ3n) is 5.78. The standard InChI is InChI=1S/C24H19N5O6S2/c30-18(11-14-5-2-1-3-6-14)26-20-22(31)27-21(24(32)33)17(13-36-23(20)27)37-19-9-10-25-28(19)15-7-4-8-16(12-15)29(34)35/h1-10,12,20,23H,11,13H2,(H,26,30)(H,32,33)/t20-,23+/m1/s1. The topological polar surface area (TPSA) is 148 Å². The van der Waals surface area contributed by atoms with Gasteiger partial charge in [0.05, 0.1) is 23.2 Å². The molecule has 1 saturated heterocycles. The van der Waals surface area contributed by atoms with Crippen molar-refractivity contribution in [3.05, 3.63) is 93.1 Å². The molecule has 0 spiro atoms. The quantitative estimate of drug-likeness (QED) is 0.251. The number of nitro benzene ring substituents is 1. The monoisotopic (exact) mass is 537 g/mol. The summed E-state index contributed by atoms with van der Waals surface area (Å²) in [7, 11) is 0. The van der Waals surface area contributed by atoms with Crippen molar-refractivity contribution in [2.75, 3.05) is 5.75 Å². The van der Waals surface area contributed by atoms with E-state index < -0.39 is 28.2 Å². The van der Waals surface area contributed by atoms with Gasteiger partial charge >= 0.3 is 5.97 Å². The molecule has 13 heteroatoms. The number of carbonyl (C=O) groups excluding carboxylic acids is 2. The molecule has 2 aliphatic heterocycles. The lowest BCUT2D eigenvalue weighted by molar-refractivity contribution is -0.384. The highest BCUT2D eigenvalue weighted by atomic mass is 32.2. The van der Waals surface area contributed by atoms with Crippen molar-refractivity contribution in [1.29, 1.82) is 0 Å². The van der Waals surface area contributed by atoms with Gasteiger partial charge in [-0.15, -0.1) is 11.8 Å². The summed E-state index contributed by atoms with van der Waals surface area (Å²) in [5.74, 6) is -1.75. The van der Waals surface area contributed by atoms with Crippen LogP contribution in [0.25, 0.3) is 5.69 Å². The summed E-state index contributed by atoms with van der Waals surface area (Å²) in [5.41, 5.74) is 1.02. The molecule has 0 bridgehead atoms.